The van der Waals surface area contributed by atoms with E-state index in [1.54, 1.807) is 7.11 Å². The second-order valence-corrected chi connectivity index (χ2v) is 7.13. The summed E-state index contributed by atoms with van der Waals surface area (Å²) in [5, 5.41) is 6.01. The Morgan fingerprint density at radius 1 is 0.929 bits per heavy atom. The van der Waals surface area contributed by atoms with Gasteiger partial charge in [0.15, 0.2) is 0 Å². The molecule has 2 aromatic carbocycles. The SMILES string of the molecule is CCc1cccc(CC)c1NC(=O)C1CC1C(=O)NCc1ccccc1OC. The molecule has 2 atom stereocenters. The lowest BCUT2D eigenvalue weighted by Gasteiger charge is -2.14. The molecule has 0 spiro atoms. The molecule has 0 saturated heterocycles. The van der Waals surface area contributed by atoms with Crippen LogP contribution in [0.25, 0.3) is 0 Å². The predicted molar refractivity (Wildman–Crippen MR) is 110 cm³/mol. The summed E-state index contributed by atoms with van der Waals surface area (Å²) >= 11 is 0. The molecule has 1 aliphatic carbocycles. The molecule has 0 bridgehead atoms. The first kappa shape index (κ1) is 19.9. The number of aryl methyl sites for hydroxylation is 2. The van der Waals surface area contributed by atoms with Gasteiger partial charge in [0.25, 0.3) is 0 Å². The van der Waals surface area contributed by atoms with Crippen LogP contribution in [0.15, 0.2) is 42.5 Å². The number of amides is 2. The van der Waals surface area contributed by atoms with E-state index in [1.807, 2.05) is 42.5 Å². The molecule has 2 unspecified atom stereocenters. The lowest BCUT2D eigenvalue weighted by molar-refractivity contribution is -0.125. The number of ether oxygens (including phenoxy) is 1. The number of carbonyl (C=O) groups is 2. The van der Waals surface area contributed by atoms with Crippen molar-refractivity contribution in [3.05, 3.63) is 59.2 Å². The Hall–Kier alpha value is -2.82. The van der Waals surface area contributed by atoms with E-state index in [9.17, 15) is 9.59 Å². The number of hydrogen-bond acceptors (Lipinski definition) is 3. The highest BCUT2D eigenvalue weighted by atomic mass is 16.5. The minimum Gasteiger partial charge on any atom is -0.496 e. The van der Waals surface area contributed by atoms with Gasteiger partial charge in [0, 0.05) is 17.8 Å². The zero-order chi connectivity index (χ0) is 20.1. The van der Waals surface area contributed by atoms with Crippen molar-refractivity contribution in [2.24, 2.45) is 11.8 Å². The van der Waals surface area contributed by atoms with Gasteiger partial charge in [0.1, 0.15) is 5.75 Å². The second kappa shape index (κ2) is 8.91. The van der Waals surface area contributed by atoms with E-state index in [-0.39, 0.29) is 23.7 Å². The van der Waals surface area contributed by atoms with E-state index in [2.05, 4.69) is 24.5 Å². The maximum Gasteiger partial charge on any atom is 0.228 e. The maximum atomic E-state index is 12.7. The Kier molecular flexibility index (Phi) is 6.34. The summed E-state index contributed by atoms with van der Waals surface area (Å²) in [6.07, 6.45) is 2.31. The molecule has 0 aromatic heterocycles. The molecular formula is C23H28N2O3. The molecule has 1 aliphatic rings. The number of nitrogens with one attached hydrogen (secondary N) is 2. The summed E-state index contributed by atoms with van der Waals surface area (Å²) in [5.41, 5.74) is 4.10. The van der Waals surface area contributed by atoms with Gasteiger partial charge < -0.3 is 15.4 Å². The quantitative estimate of drug-likeness (QED) is 0.734. The van der Waals surface area contributed by atoms with Crippen LogP contribution in [0.1, 0.15) is 37.0 Å². The summed E-state index contributed by atoms with van der Waals surface area (Å²) < 4.78 is 5.31. The summed E-state index contributed by atoms with van der Waals surface area (Å²) in [4.78, 5) is 25.1. The molecule has 1 fully saturated rings. The fourth-order valence-corrected chi connectivity index (χ4v) is 3.56. The van der Waals surface area contributed by atoms with Crippen molar-refractivity contribution in [1.29, 1.82) is 0 Å². The minimum atomic E-state index is -0.257. The first-order valence-electron chi connectivity index (χ1n) is 9.90. The molecular weight excluding hydrogens is 352 g/mol. The third-order valence-electron chi connectivity index (χ3n) is 5.36. The molecule has 2 aromatic rings. The predicted octanol–water partition coefficient (Wildman–Crippen LogP) is 3.71. The molecule has 148 valence electrons. The van der Waals surface area contributed by atoms with E-state index in [0.717, 1.165) is 41.0 Å². The van der Waals surface area contributed by atoms with Crippen molar-refractivity contribution in [3.63, 3.8) is 0 Å². The zero-order valence-corrected chi connectivity index (χ0v) is 16.7. The van der Waals surface area contributed by atoms with Gasteiger partial charge in [-0.3, -0.25) is 9.59 Å². The number of rotatable bonds is 8. The van der Waals surface area contributed by atoms with Crippen LogP contribution in [0.3, 0.4) is 0 Å². The summed E-state index contributed by atoms with van der Waals surface area (Å²) in [6.45, 7) is 4.55. The molecule has 0 radical (unpaired) electrons. The van der Waals surface area contributed by atoms with Gasteiger partial charge in [0.2, 0.25) is 11.8 Å². The lowest BCUT2D eigenvalue weighted by atomic mass is 10.0. The van der Waals surface area contributed by atoms with Gasteiger partial charge in [-0.05, 0) is 36.5 Å². The van der Waals surface area contributed by atoms with Gasteiger partial charge in [-0.1, -0.05) is 50.2 Å². The molecule has 1 saturated carbocycles. The molecule has 3 rings (SSSR count). The molecule has 2 amide bonds. The summed E-state index contributed by atoms with van der Waals surface area (Å²) in [7, 11) is 1.61. The monoisotopic (exact) mass is 380 g/mol. The van der Waals surface area contributed by atoms with E-state index in [0.29, 0.717) is 13.0 Å². The van der Waals surface area contributed by atoms with Crippen LogP contribution < -0.4 is 15.4 Å². The standard InChI is InChI=1S/C23H28N2O3/c1-4-15-10-8-11-16(5-2)21(15)25-23(27)19-13-18(19)22(26)24-14-17-9-6-7-12-20(17)28-3/h6-12,18-19H,4-5,13-14H2,1-3H3,(H,24,26)(H,25,27). The van der Waals surface area contributed by atoms with Crippen LogP contribution in [0.5, 0.6) is 5.75 Å². The molecule has 2 N–H and O–H groups in total. The Bertz CT molecular complexity index is 840. The molecule has 28 heavy (non-hydrogen) atoms. The van der Waals surface area contributed by atoms with Gasteiger partial charge >= 0.3 is 0 Å². The minimum absolute atomic E-state index is 0.0620. The number of carbonyl (C=O) groups excluding carboxylic acids is 2. The van der Waals surface area contributed by atoms with Crippen molar-refractivity contribution in [3.8, 4) is 5.75 Å². The number of para-hydroxylation sites is 2. The van der Waals surface area contributed by atoms with E-state index >= 15 is 0 Å². The third-order valence-corrected chi connectivity index (χ3v) is 5.36. The van der Waals surface area contributed by atoms with E-state index < -0.39 is 0 Å². The topological polar surface area (TPSA) is 67.4 Å². The van der Waals surface area contributed by atoms with Crippen molar-refractivity contribution < 1.29 is 14.3 Å². The fraction of sp³-hybridized carbons (Fsp3) is 0.391. The average Bonchev–Trinajstić information content (AvgIpc) is 3.53. The Labute approximate surface area is 166 Å². The normalized spacial score (nSPS) is 17.7. The highest BCUT2D eigenvalue weighted by Crippen LogP contribution is 2.40. The van der Waals surface area contributed by atoms with Gasteiger partial charge in [0.05, 0.1) is 18.9 Å². The highest BCUT2D eigenvalue weighted by Gasteiger charge is 2.48. The number of hydrogen-bond donors (Lipinski definition) is 2. The van der Waals surface area contributed by atoms with Crippen molar-refractivity contribution >= 4 is 17.5 Å². The Balaban J connectivity index is 1.58. The Morgan fingerprint density at radius 3 is 2.18 bits per heavy atom. The first-order chi connectivity index (χ1) is 13.6. The van der Waals surface area contributed by atoms with Crippen LogP contribution in [-0.2, 0) is 29.0 Å². The van der Waals surface area contributed by atoms with E-state index in [1.165, 1.54) is 0 Å². The molecule has 0 heterocycles. The number of benzene rings is 2. The van der Waals surface area contributed by atoms with Crippen molar-refractivity contribution in [2.75, 3.05) is 12.4 Å². The van der Waals surface area contributed by atoms with Gasteiger partial charge in [-0.25, -0.2) is 0 Å². The zero-order valence-electron chi connectivity index (χ0n) is 16.7. The third kappa shape index (κ3) is 4.35. The van der Waals surface area contributed by atoms with Crippen LogP contribution >= 0.6 is 0 Å². The summed E-state index contributed by atoms with van der Waals surface area (Å²) in [6, 6.07) is 13.7. The van der Waals surface area contributed by atoms with Crippen molar-refractivity contribution in [2.45, 2.75) is 39.7 Å². The largest absolute Gasteiger partial charge is 0.496 e. The number of anilines is 1. The number of methoxy groups -OCH3 is 1. The maximum absolute atomic E-state index is 12.7. The van der Waals surface area contributed by atoms with Crippen LogP contribution in [0.4, 0.5) is 5.69 Å². The first-order valence-corrected chi connectivity index (χ1v) is 9.90. The fourth-order valence-electron chi connectivity index (χ4n) is 3.56. The average molecular weight is 380 g/mol. The Morgan fingerprint density at radius 2 is 1.54 bits per heavy atom. The van der Waals surface area contributed by atoms with Gasteiger partial charge in [-0.2, -0.15) is 0 Å². The van der Waals surface area contributed by atoms with Crippen LogP contribution in [0, 0.1) is 11.8 Å². The van der Waals surface area contributed by atoms with Crippen molar-refractivity contribution in [1.82, 2.24) is 5.32 Å². The van der Waals surface area contributed by atoms with E-state index in [4.69, 9.17) is 4.74 Å². The smallest absolute Gasteiger partial charge is 0.228 e. The lowest BCUT2D eigenvalue weighted by Crippen LogP contribution is -2.27. The summed E-state index contributed by atoms with van der Waals surface area (Å²) in [5.74, 6) is 0.0932. The van der Waals surface area contributed by atoms with Crippen LogP contribution in [0.2, 0.25) is 0 Å². The molecule has 0 aliphatic heterocycles. The second-order valence-electron chi connectivity index (χ2n) is 7.13. The molecule has 5 nitrogen and oxygen atoms in total. The van der Waals surface area contributed by atoms with Gasteiger partial charge in [-0.15, -0.1) is 0 Å². The molecule has 5 heteroatoms. The highest BCUT2D eigenvalue weighted by molar-refractivity contribution is 6.00. The van der Waals surface area contributed by atoms with Crippen LogP contribution in [-0.4, -0.2) is 18.9 Å².